The summed E-state index contributed by atoms with van der Waals surface area (Å²) in [6.45, 7) is 0.877. The lowest BCUT2D eigenvalue weighted by molar-refractivity contribution is 0.776. The number of halogens is 1. The zero-order valence-corrected chi connectivity index (χ0v) is 11.7. The van der Waals surface area contributed by atoms with E-state index in [1.165, 1.54) is 5.56 Å². The summed E-state index contributed by atoms with van der Waals surface area (Å²) < 4.78 is 0. The maximum Gasteiger partial charge on any atom is 0.115 e. The van der Waals surface area contributed by atoms with Crippen molar-refractivity contribution in [3.63, 3.8) is 0 Å². The minimum absolute atomic E-state index is 0.309. The van der Waals surface area contributed by atoms with Gasteiger partial charge in [-0.05, 0) is 24.7 Å². The smallest absolute Gasteiger partial charge is 0.115 e. The number of nitrogens with one attached hydrogen (secondary N) is 1. The van der Waals surface area contributed by atoms with Gasteiger partial charge in [-0.2, -0.15) is 0 Å². The van der Waals surface area contributed by atoms with Crippen LogP contribution < -0.4 is 5.32 Å². The third-order valence-corrected chi connectivity index (χ3v) is 4.23. The van der Waals surface area contributed by atoms with E-state index in [0.29, 0.717) is 10.3 Å². The molecule has 2 rings (SSSR count). The van der Waals surface area contributed by atoms with Crippen LogP contribution in [0.25, 0.3) is 0 Å². The average molecular weight is 279 g/mol. The molecule has 94 valence electrons. The van der Waals surface area contributed by atoms with Gasteiger partial charge in [-0.15, -0.1) is 0 Å². The van der Waals surface area contributed by atoms with Crippen molar-refractivity contribution in [3.05, 3.63) is 59.2 Å². The topological polar surface area (TPSA) is 24.9 Å². The molecule has 18 heavy (non-hydrogen) atoms. The van der Waals surface area contributed by atoms with Crippen LogP contribution in [0.5, 0.6) is 0 Å². The van der Waals surface area contributed by atoms with Gasteiger partial charge in [0, 0.05) is 18.0 Å². The number of likely N-dealkylation sites (N-methyl/N-ethyl adjacent to an activating group) is 1. The second-order valence-corrected chi connectivity index (χ2v) is 5.46. The van der Waals surface area contributed by atoms with Crippen LogP contribution in [0.4, 0.5) is 0 Å². The molecule has 0 radical (unpaired) electrons. The molecule has 1 aromatic heterocycles. The summed E-state index contributed by atoms with van der Waals surface area (Å²) in [6, 6.07) is 14.1. The largest absolute Gasteiger partial charge is 0.318 e. The van der Waals surface area contributed by atoms with Crippen molar-refractivity contribution < 1.29 is 0 Å². The van der Waals surface area contributed by atoms with Gasteiger partial charge < -0.3 is 5.32 Å². The number of hydrogen-bond acceptors (Lipinski definition) is 3. The van der Waals surface area contributed by atoms with Crippen LogP contribution in [0.2, 0.25) is 5.02 Å². The van der Waals surface area contributed by atoms with Crippen molar-refractivity contribution in [2.24, 2.45) is 0 Å². The van der Waals surface area contributed by atoms with E-state index < -0.39 is 0 Å². The molecule has 0 saturated heterocycles. The van der Waals surface area contributed by atoms with Crippen LogP contribution in [0, 0.1) is 0 Å². The Morgan fingerprint density at radius 2 is 2.00 bits per heavy atom. The van der Waals surface area contributed by atoms with E-state index in [2.05, 4.69) is 34.6 Å². The first-order chi connectivity index (χ1) is 8.81. The van der Waals surface area contributed by atoms with Crippen LogP contribution in [0.1, 0.15) is 10.8 Å². The van der Waals surface area contributed by atoms with E-state index >= 15 is 0 Å². The fourth-order valence-electron chi connectivity index (χ4n) is 1.67. The molecule has 1 unspecified atom stereocenters. The molecule has 2 nitrogen and oxygen atoms in total. The van der Waals surface area contributed by atoms with Gasteiger partial charge in [0.25, 0.3) is 0 Å². The minimum atomic E-state index is 0.309. The van der Waals surface area contributed by atoms with Gasteiger partial charge >= 0.3 is 0 Å². The van der Waals surface area contributed by atoms with Gasteiger partial charge in [-0.25, -0.2) is 4.98 Å². The molecule has 1 aromatic carbocycles. The van der Waals surface area contributed by atoms with Crippen molar-refractivity contribution in [3.8, 4) is 0 Å². The minimum Gasteiger partial charge on any atom is -0.318 e. The second kappa shape index (κ2) is 6.78. The summed E-state index contributed by atoms with van der Waals surface area (Å²) in [5.74, 6) is 0. The molecule has 0 aliphatic heterocycles. The number of benzene rings is 1. The van der Waals surface area contributed by atoms with Crippen molar-refractivity contribution >= 4 is 23.4 Å². The van der Waals surface area contributed by atoms with Crippen molar-refractivity contribution in [2.75, 3.05) is 13.6 Å². The fourth-order valence-corrected chi connectivity index (χ4v) is 3.04. The van der Waals surface area contributed by atoms with Crippen molar-refractivity contribution in [2.45, 2.75) is 10.3 Å². The maximum absolute atomic E-state index is 6.15. The monoisotopic (exact) mass is 278 g/mol. The van der Waals surface area contributed by atoms with Crippen LogP contribution in [0.15, 0.2) is 53.7 Å². The first-order valence-electron chi connectivity index (χ1n) is 5.78. The fraction of sp³-hybridized carbons (Fsp3) is 0.214. The zero-order valence-electron chi connectivity index (χ0n) is 10.1. The molecule has 0 amide bonds. The van der Waals surface area contributed by atoms with Gasteiger partial charge in [0.1, 0.15) is 5.03 Å². The normalized spacial score (nSPS) is 12.3. The van der Waals surface area contributed by atoms with Crippen molar-refractivity contribution in [1.29, 1.82) is 0 Å². The second-order valence-electron chi connectivity index (χ2n) is 3.87. The molecule has 1 atom stereocenters. The highest BCUT2D eigenvalue weighted by Gasteiger charge is 2.14. The quantitative estimate of drug-likeness (QED) is 0.843. The molecule has 0 aliphatic rings. The van der Waals surface area contributed by atoms with E-state index in [9.17, 15) is 0 Å². The zero-order chi connectivity index (χ0) is 12.8. The predicted octanol–water partition coefficient (Wildman–Crippen LogP) is 3.79. The third-order valence-electron chi connectivity index (χ3n) is 2.54. The number of aromatic nitrogens is 1. The molecule has 4 heteroatoms. The summed E-state index contributed by atoms with van der Waals surface area (Å²) in [5.41, 5.74) is 1.28. The van der Waals surface area contributed by atoms with Gasteiger partial charge in [-0.1, -0.05) is 53.7 Å². The van der Waals surface area contributed by atoms with E-state index in [-0.39, 0.29) is 0 Å². The highest BCUT2D eigenvalue weighted by atomic mass is 35.5. The van der Waals surface area contributed by atoms with E-state index in [1.54, 1.807) is 18.0 Å². The molecule has 0 fully saturated rings. The third kappa shape index (κ3) is 3.48. The highest BCUT2D eigenvalue weighted by molar-refractivity contribution is 7.99. The highest BCUT2D eigenvalue weighted by Crippen LogP contribution is 2.36. The lowest BCUT2D eigenvalue weighted by Crippen LogP contribution is -2.15. The number of rotatable bonds is 5. The Labute approximate surface area is 117 Å². The number of hydrogen-bond donors (Lipinski definition) is 1. The van der Waals surface area contributed by atoms with Gasteiger partial charge in [0.2, 0.25) is 0 Å². The lowest BCUT2D eigenvalue weighted by atomic mass is 10.1. The summed E-state index contributed by atoms with van der Waals surface area (Å²) >= 11 is 7.84. The van der Waals surface area contributed by atoms with E-state index in [4.69, 9.17) is 11.6 Å². The van der Waals surface area contributed by atoms with Crippen LogP contribution in [-0.2, 0) is 0 Å². The standard InChI is InChI=1S/C14H15ClN2S/c1-16-10-13(11-6-3-2-4-7-11)18-14-12(15)8-5-9-17-14/h2-9,13,16H,10H2,1H3. The molecule has 1 N–H and O–H groups in total. The molecule has 0 spiro atoms. The average Bonchev–Trinajstić information content (AvgIpc) is 2.42. The predicted molar refractivity (Wildman–Crippen MR) is 78.2 cm³/mol. The first kappa shape index (κ1) is 13.4. The SMILES string of the molecule is CNCC(Sc1ncccc1Cl)c1ccccc1. The lowest BCUT2D eigenvalue weighted by Gasteiger charge is -2.16. The van der Waals surface area contributed by atoms with E-state index in [1.807, 2.05) is 25.2 Å². The van der Waals surface area contributed by atoms with Crippen LogP contribution >= 0.6 is 23.4 Å². The van der Waals surface area contributed by atoms with Gasteiger partial charge in [-0.3, -0.25) is 0 Å². The molecule has 0 saturated carbocycles. The summed E-state index contributed by atoms with van der Waals surface area (Å²) in [5, 5.41) is 5.11. The first-order valence-corrected chi connectivity index (χ1v) is 7.03. The Morgan fingerprint density at radius 3 is 2.67 bits per heavy atom. The van der Waals surface area contributed by atoms with Crippen LogP contribution in [0.3, 0.4) is 0 Å². The molecular formula is C14H15ClN2S. The molecule has 0 bridgehead atoms. The number of pyridine rings is 1. The molecular weight excluding hydrogens is 264 g/mol. The number of nitrogens with zero attached hydrogens (tertiary/aromatic N) is 1. The van der Waals surface area contributed by atoms with E-state index in [0.717, 1.165) is 11.6 Å². The van der Waals surface area contributed by atoms with Gasteiger partial charge in [0.15, 0.2) is 0 Å². The Bertz CT molecular complexity index is 490. The molecule has 1 heterocycles. The Balaban J connectivity index is 2.19. The Morgan fingerprint density at radius 1 is 1.22 bits per heavy atom. The Kier molecular flexibility index (Phi) is 5.05. The van der Waals surface area contributed by atoms with Crippen molar-refractivity contribution in [1.82, 2.24) is 10.3 Å². The number of thioether (sulfide) groups is 1. The molecule has 2 aromatic rings. The van der Waals surface area contributed by atoms with Crippen LogP contribution in [-0.4, -0.2) is 18.6 Å². The summed E-state index contributed by atoms with van der Waals surface area (Å²) in [7, 11) is 1.95. The Hall–Kier alpha value is -1.03. The van der Waals surface area contributed by atoms with Gasteiger partial charge in [0.05, 0.1) is 5.02 Å². The summed E-state index contributed by atoms with van der Waals surface area (Å²) in [6.07, 6.45) is 1.77. The molecule has 0 aliphatic carbocycles. The summed E-state index contributed by atoms with van der Waals surface area (Å²) in [4.78, 5) is 4.33. The maximum atomic E-state index is 6.15.